The molecule has 110 valence electrons. The molecule has 0 bridgehead atoms. The lowest BCUT2D eigenvalue weighted by molar-refractivity contribution is -0.121. The van der Waals surface area contributed by atoms with Crippen molar-refractivity contribution in [3.8, 4) is 0 Å². The van der Waals surface area contributed by atoms with Crippen molar-refractivity contribution in [1.29, 1.82) is 0 Å². The van der Waals surface area contributed by atoms with Crippen LogP contribution in [0.15, 0.2) is 18.2 Å². The fourth-order valence-corrected chi connectivity index (χ4v) is 2.69. The Kier molecular flexibility index (Phi) is 5.41. The van der Waals surface area contributed by atoms with Crippen LogP contribution >= 0.6 is 0 Å². The number of nitrogens with two attached hydrogens (primary N) is 1. The summed E-state index contributed by atoms with van der Waals surface area (Å²) in [5.41, 5.74) is 8.15. The lowest BCUT2D eigenvalue weighted by Crippen LogP contribution is -2.22. The number of ether oxygens (including phenoxy) is 1. The number of rotatable bonds is 5. The van der Waals surface area contributed by atoms with Crippen molar-refractivity contribution in [1.82, 2.24) is 0 Å². The van der Waals surface area contributed by atoms with Gasteiger partial charge < -0.3 is 15.8 Å². The van der Waals surface area contributed by atoms with E-state index in [1.54, 1.807) is 6.07 Å². The minimum atomic E-state index is -0.103. The summed E-state index contributed by atoms with van der Waals surface area (Å²) in [6, 6.07) is 5.45. The molecule has 1 amide bonds. The third-order valence-corrected chi connectivity index (χ3v) is 3.84. The van der Waals surface area contributed by atoms with Crippen LogP contribution in [0.3, 0.4) is 0 Å². The number of benzene rings is 1. The Bertz CT molecular complexity index is 454. The fourth-order valence-electron chi connectivity index (χ4n) is 2.69. The van der Waals surface area contributed by atoms with Gasteiger partial charge in [-0.1, -0.05) is 19.3 Å². The van der Waals surface area contributed by atoms with Crippen LogP contribution in [0, 0.1) is 12.8 Å². The highest BCUT2D eigenvalue weighted by Gasteiger charge is 2.14. The van der Waals surface area contributed by atoms with Gasteiger partial charge in [0.1, 0.15) is 6.61 Å². The summed E-state index contributed by atoms with van der Waals surface area (Å²) in [5.74, 6) is 0.531. The zero-order chi connectivity index (χ0) is 14.4. The first kappa shape index (κ1) is 14.9. The molecule has 0 radical (unpaired) electrons. The molecule has 1 fully saturated rings. The van der Waals surface area contributed by atoms with Crippen molar-refractivity contribution in [2.75, 3.05) is 24.3 Å². The van der Waals surface area contributed by atoms with Crippen LogP contribution in [0.25, 0.3) is 0 Å². The van der Waals surface area contributed by atoms with E-state index in [1.807, 2.05) is 19.1 Å². The van der Waals surface area contributed by atoms with E-state index in [0.29, 0.717) is 18.2 Å². The van der Waals surface area contributed by atoms with E-state index >= 15 is 0 Å². The smallest absolute Gasteiger partial charge is 0.250 e. The zero-order valence-electron chi connectivity index (χ0n) is 12.2. The summed E-state index contributed by atoms with van der Waals surface area (Å²) in [6.45, 7) is 2.75. The Morgan fingerprint density at radius 2 is 2.10 bits per heavy atom. The highest BCUT2D eigenvalue weighted by atomic mass is 16.5. The Hall–Kier alpha value is -1.55. The van der Waals surface area contributed by atoms with Crippen molar-refractivity contribution >= 4 is 17.3 Å². The molecule has 1 aliphatic rings. The largest absolute Gasteiger partial charge is 0.399 e. The predicted octanol–water partition coefficient (Wildman–Crippen LogP) is 3.11. The molecule has 0 heterocycles. The maximum atomic E-state index is 11.8. The van der Waals surface area contributed by atoms with Crippen LogP contribution in [0.5, 0.6) is 0 Å². The highest BCUT2D eigenvalue weighted by molar-refractivity contribution is 5.92. The second kappa shape index (κ2) is 7.29. The van der Waals surface area contributed by atoms with Crippen LogP contribution in [-0.4, -0.2) is 19.1 Å². The molecule has 4 heteroatoms. The topological polar surface area (TPSA) is 64.3 Å². The van der Waals surface area contributed by atoms with Crippen molar-refractivity contribution < 1.29 is 9.53 Å². The average Bonchev–Trinajstić information content (AvgIpc) is 2.43. The van der Waals surface area contributed by atoms with Gasteiger partial charge in [0.15, 0.2) is 0 Å². The van der Waals surface area contributed by atoms with E-state index in [4.69, 9.17) is 10.5 Å². The number of carbonyl (C=O) groups is 1. The standard InChI is InChI=1S/C16H24N2O2/c1-12-9-14(17)7-8-15(12)18-16(19)11-20-10-13-5-3-2-4-6-13/h7-9,13H,2-6,10-11,17H2,1H3,(H,18,19). The summed E-state index contributed by atoms with van der Waals surface area (Å²) in [6.07, 6.45) is 6.40. The van der Waals surface area contributed by atoms with Crippen LogP contribution in [0.2, 0.25) is 0 Å². The van der Waals surface area contributed by atoms with E-state index in [0.717, 1.165) is 11.3 Å². The monoisotopic (exact) mass is 276 g/mol. The maximum absolute atomic E-state index is 11.8. The molecule has 0 unspecified atom stereocenters. The molecule has 2 rings (SSSR count). The summed E-state index contributed by atoms with van der Waals surface area (Å²) in [5, 5.41) is 2.86. The molecular weight excluding hydrogens is 252 g/mol. The van der Waals surface area contributed by atoms with Gasteiger partial charge in [0.05, 0.1) is 6.61 Å². The third-order valence-electron chi connectivity index (χ3n) is 3.84. The van der Waals surface area contributed by atoms with Gasteiger partial charge in [-0.2, -0.15) is 0 Å². The van der Waals surface area contributed by atoms with Gasteiger partial charge in [0, 0.05) is 11.4 Å². The average molecular weight is 276 g/mol. The lowest BCUT2D eigenvalue weighted by Gasteiger charge is -2.21. The van der Waals surface area contributed by atoms with Gasteiger partial charge in [-0.3, -0.25) is 4.79 Å². The summed E-state index contributed by atoms with van der Waals surface area (Å²) >= 11 is 0. The fraction of sp³-hybridized carbons (Fsp3) is 0.562. The zero-order valence-corrected chi connectivity index (χ0v) is 12.2. The van der Waals surface area contributed by atoms with Gasteiger partial charge in [-0.15, -0.1) is 0 Å². The van der Waals surface area contributed by atoms with Crippen LogP contribution in [0.1, 0.15) is 37.7 Å². The minimum Gasteiger partial charge on any atom is -0.399 e. The molecule has 0 atom stereocenters. The number of hydrogen-bond acceptors (Lipinski definition) is 3. The van der Waals surface area contributed by atoms with Gasteiger partial charge in [-0.25, -0.2) is 0 Å². The number of nitrogen functional groups attached to an aromatic ring is 1. The number of nitrogens with one attached hydrogen (secondary N) is 1. The molecule has 0 aliphatic heterocycles. The third kappa shape index (κ3) is 4.53. The lowest BCUT2D eigenvalue weighted by atomic mass is 9.90. The molecule has 0 aromatic heterocycles. The van der Waals surface area contributed by atoms with Crippen LogP contribution in [0.4, 0.5) is 11.4 Å². The van der Waals surface area contributed by atoms with Crippen LogP contribution < -0.4 is 11.1 Å². The van der Waals surface area contributed by atoms with Crippen molar-refractivity contribution in [2.45, 2.75) is 39.0 Å². The van der Waals surface area contributed by atoms with Crippen molar-refractivity contribution in [2.24, 2.45) is 5.92 Å². The Morgan fingerprint density at radius 1 is 1.35 bits per heavy atom. The van der Waals surface area contributed by atoms with Crippen molar-refractivity contribution in [3.63, 3.8) is 0 Å². The molecule has 1 aromatic rings. The molecule has 0 spiro atoms. The molecule has 1 aliphatic carbocycles. The normalized spacial score (nSPS) is 16.1. The first-order valence-electron chi connectivity index (χ1n) is 7.39. The Labute approximate surface area is 120 Å². The number of amides is 1. The highest BCUT2D eigenvalue weighted by Crippen LogP contribution is 2.23. The number of carbonyl (C=O) groups excluding carboxylic acids is 1. The van der Waals surface area contributed by atoms with E-state index in [-0.39, 0.29) is 12.5 Å². The molecular formula is C16H24N2O2. The van der Waals surface area contributed by atoms with Gasteiger partial charge in [-0.05, 0) is 49.4 Å². The van der Waals surface area contributed by atoms with Gasteiger partial charge in [0.2, 0.25) is 5.91 Å². The molecule has 4 nitrogen and oxygen atoms in total. The second-order valence-corrected chi connectivity index (χ2v) is 5.64. The van der Waals surface area contributed by atoms with E-state index < -0.39 is 0 Å². The summed E-state index contributed by atoms with van der Waals surface area (Å²) in [4.78, 5) is 11.8. The van der Waals surface area contributed by atoms with Crippen molar-refractivity contribution in [3.05, 3.63) is 23.8 Å². The summed E-state index contributed by atoms with van der Waals surface area (Å²) in [7, 11) is 0. The predicted molar refractivity (Wildman–Crippen MR) is 81.6 cm³/mol. The second-order valence-electron chi connectivity index (χ2n) is 5.64. The summed E-state index contributed by atoms with van der Waals surface area (Å²) < 4.78 is 5.53. The number of anilines is 2. The minimum absolute atomic E-state index is 0.103. The van der Waals surface area contributed by atoms with E-state index in [9.17, 15) is 4.79 Å². The molecule has 0 saturated heterocycles. The quantitative estimate of drug-likeness (QED) is 0.812. The van der Waals surface area contributed by atoms with Gasteiger partial charge in [0.25, 0.3) is 0 Å². The van der Waals surface area contributed by atoms with Crippen LogP contribution in [-0.2, 0) is 9.53 Å². The first-order chi connectivity index (χ1) is 9.65. The molecule has 1 saturated carbocycles. The number of hydrogen-bond donors (Lipinski definition) is 2. The Morgan fingerprint density at radius 3 is 2.80 bits per heavy atom. The van der Waals surface area contributed by atoms with E-state index in [2.05, 4.69) is 5.32 Å². The Balaban J connectivity index is 1.72. The SMILES string of the molecule is Cc1cc(N)ccc1NC(=O)COCC1CCCCC1. The van der Waals surface area contributed by atoms with E-state index in [1.165, 1.54) is 32.1 Å². The first-order valence-corrected chi connectivity index (χ1v) is 7.39. The molecule has 3 N–H and O–H groups in total. The molecule has 1 aromatic carbocycles. The van der Waals surface area contributed by atoms with Gasteiger partial charge >= 0.3 is 0 Å². The maximum Gasteiger partial charge on any atom is 0.250 e. The number of aryl methyl sites for hydroxylation is 1. The molecule has 20 heavy (non-hydrogen) atoms.